The van der Waals surface area contributed by atoms with Crippen LogP contribution in [0.25, 0.3) is 0 Å². The van der Waals surface area contributed by atoms with Gasteiger partial charge in [-0.3, -0.25) is 9.69 Å². The van der Waals surface area contributed by atoms with E-state index < -0.39 is 23.7 Å². The molecule has 1 amide bonds. The monoisotopic (exact) mass is 557 g/mol. The first kappa shape index (κ1) is 26.8. The van der Waals surface area contributed by atoms with Gasteiger partial charge in [-0.25, -0.2) is 9.18 Å². The summed E-state index contributed by atoms with van der Waals surface area (Å²) in [5.74, 6) is -1.62. The highest BCUT2D eigenvalue weighted by Crippen LogP contribution is 2.39. The number of anilines is 2. The van der Waals surface area contributed by atoms with Crippen molar-refractivity contribution in [2.24, 2.45) is 0 Å². The van der Waals surface area contributed by atoms with Gasteiger partial charge in [0.15, 0.2) is 5.11 Å². The summed E-state index contributed by atoms with van der Waals surface area (Å²) in [5, 5.41) is 6.80. The number of hydrogen-bond acceptors (Lipinski definition) is 5. The lowest BCUT2D eigenvalue weighted by Gasteiger charge is -2.38. The molecule has 1 aliphatic heterocycles. The van der Waals surface area contributed by atoms with Crippen molar-refractivity contribution in [2.75, 3.05) is 16.8 Å². The van der Waals surface area contributed by atoms with E-state index in [1.165, 1.54) is 23.5 Å². The summed E-state index contributed by atoms with van der Waals surface area (Å²) < 4.78 is 20.3. The number of carbonyl (C=O) groups is 2. The van der Waals surface area contributed by atoms with Crippen molar-refractivity contribution in [1.29, 1.82) is 0 Å². The first-order chi connectivity index (χ1) is 17.6. The maximum atomic E-state index is 15.1. The van der Waals surface area contributed by atoms with Gasteiger partial charge in [-0.2, -0.15) is 0 Å². The number of benzene rings is 2. The van der Waals surface area contributed by atoms with Gasteiger partial charge in [-0.1, -0.05) is 35.9 Å². The molecule has 6 nitrogen and oxygen atoms in total. The molecule has 0 unspecified atom stereocenters. The maximum absolute atomic E-state index is 15.1. The third kappa shape index (κ3) is 5.12. The van der Waals surface area contributed by atoms with Crippen LogP contribution in [0.1, 0.15) is 46.3 Å². The second-order valence-electron chi connectivity index (χ2n) is 8.35. The molecule has 192 valence electrons. The van der Waals surface area contributed by atoms with Crippen LogP contribution in [-0.2, 0) is 9.53 Å². The van der Waals surface area contributed by atoms with E-state index in [9.17, 15) is 9.59 Å². The smallest absolute Gasteiger partial charge is 0.341 e. The molecule has 0 spiro atoms. The van der Waals surface area contributed by atoms with Gasteiger partial charge in [0.25, 0.3) is 5.91 Å². The van der Waals surface area contributed by atoms with E-state index in [2.05, 4.69) is 10.6 Å². The Morgan fingerprint density at radius 3 is 2.51 bits per heavy atom. The van der Waals surface area contributed by atoms with Gasteiger partial charge in [-0.05, 0) is 69.7 Å². The molecule has 0 saturated carbocycles. The van der Waals surface area contributed by atoms with Gasteiger partial charge in [0.2, 0.25) is 0 Å². The summed E-state index contributed by atoms with van der Waals surface area (Å²) in [6.45, 7) is 7.33. The van der Waals surface area contributed by atoms with Crippen LogP contribution in [-0.4, -0.2) is 23.6 Å². The number of nitrogens with zero attached hydrogens (tertiary/aromatic N) is 1. The predicted molar refractivity (Wildman–Crippen MR) is 150 cm³/mol. The molecular formula is C27H25ClFN3O3S2. The van der Waals surface area contributed by atoms with Gasteiger partial charge in [0, 0.05) is 26.8 Å². The molecule has 10 heteroatoms. The summed E-state index contributed by atoms with van der Waals surface area (Å²) in [7, 11) is 0. The lowest BCUT2D eigenvalue weighted by Crippen LogP contribution is -2.48. The van der Waals surface area contributed by atoms with Crippen molar-refractivity contribution in [3.05, 3.63) is 92.2 Å². The van der Waals surface area contributed by atoms with Crippen LogP contribution in [0.2, 0.25) is 5.02 Å². The first-order valence-corrected chi connectivity index (χ1v) is 13.1. The highest BCUT2D eigenvalue weighted by molar-refractivity contribution is 7.80. The number of carbonyl (C=O) groups excluding carboxylic acids is 2. The number of halogens is 2. The topological polar surface area (TPSA) is 70.7 Å². The molecule has 0 fully saturated rings. The number of allylic oxidation sites excluding steroid dienone is 1. The second kappa shape index (κ2) is 11.0. The molecule has 37 heavy (non-hydrogen) atoms. The molecule has 0 saturated heterocycles. The molecule has 0 bridgehead atoms. The van der Waals surface area contributed by atoms with Gasteiger partial charge in [0.05, 0.1) is 23.8 Å². The normalized spacial score (nSPS) is 15.5. The fourth-order valence-corrected chi connectivity index (χ4v) is 5.94. The van der Waals surface area contributed by atoms with Crippen molar-refractivity contribution in [2.45, 2.75) is 33.7 Å². The molecule has 3 aromatic rings. The average Bonchev–Trinajstić information content (AvgIpc) is 3.12. The third-order valence-corrected chi connectivity index (χ3v) is 7.88. The van der Waals surface area contributed by atoms with Gasteiger partial charge in [-0.15, -0.1) is 11.3 Å². The number of esters is 1. The largest absolute Gasteiger partial charge is 0.462 e. The van der Waals surface area contributed by atoms with Crippen molar-refractivity contribution in [3.63, 3.8) is 0 Å². The molecule has 1 atom stereocenters. The van der Waals surface area contributed by atoms with Gasteiger partial charge in [0.1, 0.15) is 10.8 Å². The van der Waals surface area contributed by atoms with E-state index >= 15 is 4.39 Å². The molecule has 2 aromatic carbocycles. The number of nitrogens with one attached hydrogen (secondary N) is 2. The van der Waals surface area contributed by atoms with E-state index in [-0.39, 0.29) is 22.8 Å². The maximum Gasteiger partial charge on any atom is 0.341 e. The summed E-state index contributed by atoms with van der Waals surface area (Å²) in [5.41, 5.74) is 2.58. The zero-order chi connectivity index (χ0) is 26.9. The number of amides is 1. The summed E-state index contributed by atoms with van der Waals surface area (Å²) >= 11 is 13.3. The van der Waals surface area contributed by atoms with Crippen molar-refractivity contribution in [3.8, 4) is 0 Å². The Hall–Kier alpha value is -3.27. The fourth-order valence-electron chi connectivity index (χ4n) is 4.26. The highest BCUT2D eigenvalue weighted by atomic mass is 35.5. The molecule has 1 aromatic heterocycles. The average molecular weight is 558 g/mol. The van der Waals surface area contributed by atoms with Crippen LogP contribution >= 0.6 is 35.2 Å². The molecule has 1 aliphatic rings. The van der Waals surface area contributed by atoms with Crippen molar-refractivity contribution < 1.29 is 18.7 Å². The predicted octanol–water partition coefficient (Wildman–Crippen LogP) is 6.68. The minimum Gasteiger partial charge on any atom is -0.462 e. The standard InChI is InChI=1S/C27H25ClFN3O3S2/c1-5-35-26(34)20-14(2)16(4)37-25(20)31-24(33)21-15(3)32(17-10-7-6-8-11-17)27(36)30-23(21)22-18(28)12-9-13-19(22)29/h6-13,23H,5H2,1-4H3,(H,30,36)(H,31,33)/t23-/m1/s1. The summed E-state index contributed by atoms with van der Waals surface area (Å²) in [6, 6.07) is 12.7. The van der Waals surface area contributed by atoms with Gasteiger partial charge < -0.3 is 15.4 Å². The SMILES string of the molecule is CCOC(=O)c1c(NC(=O)C2=C(C)N(c3ccccc3)C(=S)N[C@H]2c2c(F)cccc2Cl)sc(C)c1C. The van der Waals surface area contributed by atoms with E-state index in [4.69, 9.17) is 28.6 Å². The van der Waals surface area contributed by atoms with E-state index in [1.54, 1.807) is 31.7 Å². The second-order valence-corrected chi connectivity index (χ2v) is 10.4. The summed E-state index contributed by atoms with van der Waals surface area (Å²) in [4.78, 5) is 29.2. The Bertz CT molecular complexity index is 1400. The van der Waals surface area contributed by atoms with Crippen LogP contribution in [0.5, 0.6) is 0 Å². The van der Waals surface area contributed by atoms with Gasteiger partial charge >= 0.3 is 5.97 Å². The molecule has 0 radical (unpaired) electrons. The quantitative estimate of drug-likeness (QED) is 0.260. The van der Waals surface area contributed by atoms with Crippen molar-refractivity contribution in [1.82, 2.24) is 5.32 Å². The zero-order valence-electron chi connectivity index (χ0n) is 20.6. The van der Waals surface area contributed by atoms with Crippen LogP contribution in [0.3, 0.4) is 0 Å². The highest BCUT2D eigenvalue weighted by Gasteiger charge is 2.37. The number of aryl methyl sites for hydroxylation is 1. The molecular weight excluding hydrogens is 533 g/mol. The molecule has 0 aliphatic carbocycles. The van der Waals surface area contributed by atoms with E-state index in [1.807, 2.05) is 37.3 Å². The van der Waals surface area contributed by atoms with Crippen LogP contribution in [0.15, 0.2) is 59.8 Å². The van der Waals surface area contributed by atoms with Crippen LogP contribution < -0.4 is 15.5 Å². The number of thiophene rings is 1. The Morgan fingerprint density at radius 1 is 1.16 bits per heavy atom. The third-order valence-electron chi connectivity index (χ3n) is 6.12. The first-order valence-electron chi connectivity index (χ1n) is 11.5. The number of rotatable bonds is 6. The Morgan fingerprint density at radius 2 is 1.86 bits per heavy atom. The Labute approximate surface area is 229 Å². The van der Waals surface area contributed by atoms with Crippen LogP contribution in [0, 0.1) is 19.7 Å². The number of hydrogen-bond donors (Lipinski definition) is 2. The van der Waals surface area contributed by atoms with Crippen molar-refractivity contribution >= 4 is 62.8 Å². The summed E-state index contributed by atoms with van der Waals surface area (Å²) in [6.07, 6.45) is 0. The molecule has 2 N–H and O–H groups in total. The lowest BCUT2D eigenvalue weighted by atomic mass is 9.93. The minimum absolute atomic E-state index is 0.105. The number of ether oxygens (including phenoxy) is 1. The van der Waals surface area contributed by atoms with E-state index in [0.29, 0.717) is 21.4 Å². The number of para-hydroxylation sites is 1. The van der Waals surface area contributed by atoms with E-state index in [0.717, 1.165) is 16.1 Å². The fraction of sp³-hybridized carbons (Fsp3) is 0.222. The Balaban J connectivity index is 1.86. The lowest BCUT2D eigenvalue weighted by molar-refractivity contribution is -0.113. The van der Waals surface area contributed by atoms with Crippen LogP contribution in [0.4, 0.5) is 15.1 Å². The Kier molecular flexibility index (Phi) is 7.96. The molecule has 2 heterocycles. The molecule has 4 rings (SSSR count). The zero-order valence-corrected chi connectivity index (χ0v) is 23.0. The minimum atomic E-state index is -0.964. The number of thiocarbonyl (C=S) groups is 1.